The molecule has 2 aromatic carbocycles. The van der Waals surface area contributed by atoms with Crippen LogP contribution in [0.2, 0.25) is 0 Å². The number of methoxy groups -OCH3 is 2. The Kier molecular flexibility index (Phi) is 6.40. The van der Waals surface area contributed by atoms with Crippen molar-refractivity contribution in [3.05, 3.63) is 71.5 Å². The molecule has 2 aromatic rings. The quantitative estimate of drug-likeness (QED) is 0.287. The van der Waals surface area contributed by atoms with Gasteiger partial charge in [0.1, 0.15) is 31.0 Å². The first-order valence-corrected chi connectivity index (χ1v) is 15.4. The molecule has 43 heavy (non-hydrogen) atoms. The highest BCUT2D eigenvalue weighted by atomic mass is 33.1. The molecule has 6 atom stereocenters. The summed E-state index contributed by atoms with van der Waals surface area (Å²) in [6, 6.07) is 8.07. The number of carbonyl (C=O) groups excluding carboxylic acids is 3. The Hall–Kier alpha value is -3.85. The first-order valence-electron chi connectivity index (χ1n) is 13.3. The second-order valence-electron chi connectivity index (χ2n) is 10.5. The summed E-state index contributed by atoms with van der Waals surface area (Å²) in [4.78, 5) is 41.3. The van der Waals surface area contributed by atoms with Crippen LogP contribution in [0.15, 0.2) is 60.4 Å². The summed E-state index contributed by atoms with van der Waals surface area (Å²) in [5.41, 5.74) is 0.582. The number of ether oxygens (including phenoxy) is 5. The van der Waals surface area contributed by atoms with Crippen LogP contribution in [-0.2, 0) is 19.1 Å². The van der Waals surface area contributed by atoms with Crippen LogP contribution in [0, 0.1) is 0 Å². The number of benzene rings is 2. The fourth-order valence-corrected chi connectivity index (χ4v) is 10.1. The molecule has 6 unspecified atom stereocenters. The van der Waals surface area contributed by atoms with Crippen molar-refractivity contribution in [3.63, 3.8) is 0 Å². The van der Waals surface area contributed by atoms with Crippen molar-refractivity contribution < 1.29 is 48.3 Å². The minimum atomic E-state index is -1.85. The van der Waals surface area contributed by atoms with Gasteiger partial charge >= 0.3 is 5.97 Å². The third kappa shape index (κ3) is 3.63. The Morgan fingerprint density at radius 2 is 1.63 bits per heavy atom. The number of aliphatic hydroxyl groups excluding tert-OH is 2. The van der Waals surface area contributed by atoms with Crippen molar-refractivity contribution in [1.82, 2.24) is 9.80 Å². The van der Waals surface area contributed by atoms with Gasteiger partial charge in [-0.3, -0.25) is 9.59 Å². The highest BCUT2D eigenvalue weighted by Gasteiger charge is 2.78. The third-order valence-corrected chi connectivity index (χ3v) is 12.0. The fraction of sp³-hybridized carbons (Fsp3) is 0.345. The predicted molar refractivity (Wildman–Crippen MR) is 153 cm³/mol. The number of fused-ring (bicyclic) bond motifs is 6. The molecular weight excluding hydrogens is 600 g/mol. The summed E-state index contributed by atoms with van der Waals surface area (Å²) < 4.78 is 28.7. The van der Waals surface area contributed by atoms with Gasteiger partial charge in [-0.2, -0.15) is 0 Å². The number of esters is 1. The van der Waals surface area contributed by atoms with Crippen LogP contribution in [0.25, 0.3) is 0 Å². The van der Waals surface area contributed by atoms with Gasteiger partial charge in [-0.15, -0.1) is 0 Å². The van der Waals surface area contributed by atoms with Gasteiger partial charge in [0.05, 0.1) is 26.0 Å². The predicted octanol–water partition coefficient (Wildman–Crippen LogP) is 2.37. The van der Waals surface area contributed by atoms with E-state index < -0.39 is 51.9 Å². The van der Waals surface area contributed by atoms with E-state index in [4.69, 9.17) is 23.7 Å². The van der Waals surface area contributed by atoms with Gasteiger partial charge in [0.25, 0.3) is 11.8 Å². The molecule has 4 fully saturated rings. The summed E-state index contributed by atoms with van der Waals surface area (Å²) in [7, 11) is 6.31. The number of rotatable bonds is 2. The molecule has 8 rings (SSSR count). The average Bonchev–Trinajstić information content (AvgIpc) is 3.25. The number of carbonyl (C=O) groups is 3. The number of likely N-dealkylation sites (N-methyl/N-ethyl adjacent to an activating group) is 1. The minimum Gasteiger partial charge on any atom is -0.497 e. The van der Waals surface area contributed by atoms with Gasteiger partial charge in [-0.1, -0.05) is 6.07 Å². The molecule has 6 heterocycles. The summed E-state index contributed by atoms with van der Waals surface area (Å²) in [6.07, 6.45) is 0.365. The van der Waals surface area contributed by atoms with Gasteiger partial charge in [0.15, 0.2) is 23.0 Å². The molecule has 12 nitrogen and oxygen atoms in total. The lowest BCUT2D eigenvalue weighted by Gasteiger charge is -2.60. The highest BCUT2D eigenvalue weighted by Crippen LogP contribution is 2.67. The smallest absolute Gasteiger partial charge is 0.338 e. The van der Waals surface area contributed by atoms with E-state index in [0.29, 0.717) is 11.5 Å². The maximum Gasteiger partial charge on any atom is 0.338 e. The largest absolute Gasteiger partial charge is 0.497 e. The van der Waals surface area contributed by atoms with E-state index in [1.54, 1.807) is 30.4 Å². The fourth-order valence-electron chi connectivity index (χ4n) is 6.20. The lowest BCUT2D eigenvalue weighted by molar-refractivity contribution is -0.175. The van der Waals surface area contributed by atoms with Gasteiger partial charge in [0.2, 0.25) is 9.74 Å². The van der Waals surface area contributed by atoms with Gasteiger partial charge in [-0.25, -0.2) is 4.79 Å². The maximum atomic E-state index is 14.7. The molecular formula is C29H26N2O10S2. The van der Waals surface area contributed by atoms with Crippen LogP contribution < -0.4 is 14.2 Å². The Morgan fingerprint density at radius 1 is 0.930 bits per heavy atom. The first-order chi connectivity index (χ1) is 20.7. The van der Waals surface area contributed by atoms with E-state index in [2.05, 4.69) is 0 Å². The van der Waals surface area contributed by atoms with E-state index in [9.17, 15) is 24.6 Å². The molecule has 6 aliphatic heterocycles. The summed E-state index contributed by atoms with van der Waals surface area (Å²) >= 11 is 0. The van der Waals surface area contributed by atoms with Crippen molar-refractivity contribution in [2.24, 2.45) is 0 Å². The average molecular weight is 627 g/mol. The third-order valence-electron chi connectivity index (χ3n) is 8.38. The molecule has 224 valence electrons. The number of nitrogens with zero attached hydrogens (tertiary/aromatic N) is 2. The Bertz CT molecular complexity index is 1630. The van der Waals surface area contributed by atoms with Crippen molar-refractivity contribution >= 4 is 39.4 Å². The van der Waals surface area contributed by atoms with Crippen LogP contribution in [0.3, 0.4) is 0 Å². The van der Waals surface area contributed by atoms with E-state index in [-0.39, 0.29) is 34.8 Å². The minimum absolute atomic E-state index is 0.105. The molecule has 7 bridgehead atoms. The molecule has 14 heteroatoms. The van der Waals surface area contributed by atoms with Crippen LogP contribution in [0.1, 0.15) is 22.0 Å². The molecule has 0 aromatic heterocycles. The van der Waals surface area contributed by atoms with Crippen LogP contribution in [0.5, 0.6) is 23.0 Å². The molecule has 4 saturated heterocycles. The Balaban J connectivity index is 1.49. The molecule has 0 aliphatic carbocycles. The highest BCUT2D eigenvalue weighted by molar-refractivity contribution is 8.78. The van der Waals surface area contributed by atoms with E-state index in [1.807, 2.05) is 0 Å². The second kappa shape index (κ2) is 9.84. The monoisotopic (exact) mass is 626 g/mol. The Labute approximate surface area is 253 Å². The molecule has 2 spiro atoms. The van der Waals surface area contributed by atoms with Crippen molar-refractivity contribution in [3.8, 4) is 23.0 Å². The van der Waals surface area contributed by atoms with Gasteiger partial charge in [-0.05, 0) is 69.6 Å². The lowest BCUT2D eigenvalue weighted by Crippen LogP contribution is -2.79. The maximum absolute atomic E-state index is 14.7. The van der Waals surface area contributed by atoms with Crippen molar-refractivity contribution in [2.45, 2.75) is 34.1 Å². The molecule has 2 amide bonds. The zero-order valence-corrected chi connectivity index (χ0v) is 24.7. The number of hydrogen-bond donors (Lipinski definition) is 2. The SMILES string of the molecule is COc1ccc2cc1Oc1cc(ccc1OC)C(O)C13SSC4(C(=O)N1C)C(O)/C1=C/OC/C=C\C(OC2=O)C1N4C3=O. The van der Waals surface area contributed by atoms with Crippen LogP contribution >= 0.6 is 21.6 Å². The zero-order valence-electron chi connectivity index (χ0n) is 23.1. The molecule has 0 radical (unpaired) electrons. The van der Waals surface area contributed by atoms with Crippen LogP contribution in [-0.4, -0.2) is 93.7 Å². The summed E-state index contributed by atoms with van der Waals surface area (Å²) in [5, 5.41) is 23.7. The molecule has 6 aliphatic rings. The second-order valence-corrected chi connectivity index (χ2v) is 13.1. The van der Waals surface area contributed by atoms with Crippen molar-refractivity contribution in [1.29, 1.82) is 0 Å². The number of amides is 2. The zero-order chi connectivity index (χ0) is 30.3. The standard InChI is InChI=1S/C29H26N2O10S2/c1-30-26(35)29-24(33)16-13-39-10-4-5-19-22(16)31(29)27(36)28(30,42-43-29)23(32)14-6-8-17(37-2)20(11-14)40-21-12-15(25(34)41-19)7-9-18(21)38-3/h4-9,11-13,19,22-24,32-33H,10H2,1-3H3/b5-4-,16-13+. The number of hydrogen-bond acceptors (Lipinski definition) is 12. The van der Waals surface area contributed by atoms with E-state index >= 15 is 0 Å². The number of piperazine rings is 1. The molecule has 2 N–H and O–H groups in total. The van der Waals surface area contributed by atoms with Crippen molar-refractivity contribution in [2.75, 3.05) is 27.9 Å². The number of aliphatic hydroxyl groups is 2. The Morgan fingerprint density at radius 3 is 2.37 bits per heavy atom. The van der Waals surface area contributed by atoms with Crippen LogP contribution in [0.4, 0.5) is 0 Å². The van der Waals surface area contributed by atoms with Gasteiger partial charge < -0.3 is 43.7 Å². The normalized spacial score (nSPS) is 34.3. The summed E-state index contributed by atoms with van der Waals surface area (Å²) in [5.74, 6) is -1.02. The van der Waals surface area contributed by atoms with Gasteiger partial charge in [0, 0.05) is 12.6 Å². The molecule has 0 saturated carbocycles. The topological polar surface area (TPSA) is 144 Å². The summed E-state index contributed by atoms with van der Waals surface area (Å²) in [6.45, 7) is 0.105. The first kappa shape index (κ1) is 28.0. The van der Waals surface area contributed by atoms with E-state index in [1.165, 1.54) is 55.5 Å². The van der Waals surface area contributed by atoms with E-state index in [0.717, 1.165) is 21.6 Å². The lowest BCUT2D eigenvalue weighted by atomic mass is 9.93.